The normalized spacial score (nSPS) is 18.8. The fourth-order valence-corrected chi connectivity index (χ4v) is 5.26. The highest BCUT2D eigenvalue weighted by Crippen LogP contribution is 2.26. The van der Waals surface area contributed by atoms with Crippen molar-refractivity contribution in [3.63, 3.8) is 0 Å². The largest absolute Gasteiger partial charge is 0.411 e. The SMILES string of the molecule is CCN(C(=O)CSc1nnc(-c2ccccc2F)o1)[C@@H]1CCS(=O)(=O)C1. The maximum absolute atomic E-state index is 13.7. The summed E-state index contributed by atoms with van der Waals surface area (Å²) < 4.78 is 42.4. The number of carbonyl (C=O) groups is 1. The van der Waals surface area contributed by atoms with E-state index in [1.54, 1.807) is 17.0 Å². The average molecular weight is 399 g/mol. The number of nitrogens with zero attached hydrogens (tertiary/aromatic N) is 3. The number of carbonyl (C=O) groups excluding carboxylic acids is 1. The maximum Gasteiger partial charge on any atom is 0.277 e. The monoisotopic (exact) mass is 399 g/mol. The van der Waals surface area contributed by atoms with Crippen LogP contribution in [0.1, 0.15) is 13.3 Å². The van der Waals surface area contributed by atoms with Crippen LogP contribution in [0.15, 0.2) is 33.9 Å². The molecule has 1 atom stereocenters. The first-order chi connectivity index (χ1) is 12.4. The van der Waals surface area contributed by atoms with E-state index in [4.69, 9.17) is 4.42 Å². The molecule has 0 unspecified atom stereocenters. The molecule has 1 aromatic heterocycles. The predicted octanol–water partition coefficient (Wildman–Crippen LogP) is 2.00. The van der Waals surface area contributed by atoms with Crippen molar-refractivity contribution in [2.75, 3.05) is 23.8 Å². The molecule has 7 nitrogen and oxygen atoms in total. The summed E-state index contributed by atoms with van der Waals surface area (Å²) in [6, 6.07) is 5.77. The molecule has 140 valence electrons. The standard InChI is InChI=1S/C16H18FN3O4S2/c1-2-20(11-7-8-26(22,23)10-11)14(21)9-25-16-19-18-15(24-16)12-5-3-4-6-13(12)17/h3-6,11H,2,7-10H2,1H3/t11-/m1/s1. The lowest BCUT2D eigenvalue weighted by Gasteiger charge is -2.26. The Bertz CT molecular complexity index is 900. The zero-order valence-corrected chi connectivity index (χ0v) is 15.7. The fourth-order valence-electron chi connectivity index (χ4n) is 2.88. The molecule has 1 aromatic carbocycles. The summed E-state index contributed by atoms with van der Waals surface area (Å²) in [7, 11) is -3.06. The second-order valence-electron chi connectivity index (χ2n) is 5.88. The first-order valence-electron chi connectivity index (χ1n) is 8.10. The van der Waals surface area contributed by atoms with Crippen molar-refractivity contribution in [2.45, 2.75) is 24.6 Å². The molecule has 0 radical (unpaired) electrons. The Morgan fingerprint density at radius 3 is 2.81 bits per heavy atom. The van der Waals surface area contributed by atoms with Crippen molar-refractivity contribution < 1.29 is 22.0 Å². The molecule has 0 bridgehead atoms. The van der Waals surface area contributed by atoms with Gasteiger partial charge in [0, 0.05) is 12.6 Å². The third-order valence-corrected chi connectivity index (χ3v) is 6.69. The molecule has 26 heavy (non-hydrogen) atoms. The summed E-state index contributed by atoms with van der Waals surface area (Å²) in [5.74, 6) is -0.441. The molecule has 10 heteroatoms. The van der Waals surface area contributed by atoms with Gasteiger partial charge in [-0.3, -0.25) is 4.79 Å². The summed E-state index contributed by atoms with van der Waals surface area (Å²) in [5.41, 5.74) is 0.199. The molecule has 1 amide bonds. The highest BCUT2D eigenvalue weighted by Gasteiger charge is 2.33. The van der Waals surface area contributed by atoms with Crippen molar-refractivity contribution in [1.82, 2.24) is 15.1 Å². The molecule has 0 saturated carbocycles. The van der Waals surface area contributed by atoms with Crippen LogP contribution in [0.3, 0.4) is 0 Å². The van der Waals surface area contributed by atoms with Gasteiger partial charge in [0.2, 0.25) is 5.91 Å². The summed E-state index contributed by atoms with van der Waals surface area (Å²) in [5, 5.41) is 7.79. The zero-order valence-electron chi connectivity index (χ0n) is 14.1. The predicted molar refractivity (Wildman–Crippen MR) is 94.9 cm³/mol. The van der Waals surface area contributed by atoms with Crippen LogP contribution in [0.5, 0.6) is 0 Å². The minimum absolute atomic E-state index is 0.00916. The highest BCUT2D eigenvalue weighted by atomic mass is 32.2. The Labute approximate surface area is 154 Å². The van der Waals surface area contributed by atoms with E-state index < -0.39 is 15.7 Å². The Kier molecular flexibility index (Phi) is 5.61. The van der Waals surface area contributed by atoms with Gasteiger partial charge in [0.1, 0.15) is 5.82 Å². The number of sulfone groups is 1. The summed E-state index contributed by atoms with van der Waals surface area (Å²) in [4.78, 5) is 14.0. The van der Waals surface area contributed by atoms with Gasteiger partial charge in [0.25, 0.3) is 11.1 Å². The number of hydrogen-bond acceptors (Lipinski definition) is 7. The highest BCUT2D eigenvalue weighted by molar-refractivity contribution is 7.99. The van der Waals surface area contributed by atoms with Crippen LogP contribution in [-0.4, -0.2) is 59.3 Å². The molecule has 1 saturated heterocycles. The molecular weight excluding hydrogens is 381 g/mol. The van der Waals surface area contributed by atoms with E-state index in [9.17, 15) is 17.6 Å². The molecular formula is C16H18FN3O4S2. The van der Waals surface area contributed by atoms with E-state index in [0.29, 0.717) is 13.0 Å². The quantitative estimate of drug-likeness (QED) is 0.686. The number of hydrogen-bond donors (Lipinski definition) is 0. The number of amides is 1. The van der Waals surface area contributed by atoms with Crippen LogP contribution in [0.4, 0.5) is 4.39 Å². The molecule has 1 aliphatic rings. The van der Waals surface area contributed by atoms with E-state index in [1.165, 1.54) is 12.1 Å². The first-order valence-corrected chi connectivity index (χ1v) is 10.9. The van der Waals surface area contributed by atoms with Crippen LogP contribution in [-0.2, 0) is 14.6 Å². The minimum atomic E-state index is -3.06. The zero-order chi connectivity index (χ0) is 18.7. The Morgan fingerprint density at radius 1 is 1.38 bits per heavy atom. The number of thioether (sulfide) groups is 1. The van der Waals surface area contributed by atoms with Crippen LogP contribution >= 0.6 is 11.8 Å². The van der Waals surface area contributed by atoms with Crippen LogP contribution in [0.25, 0.3) is 11.5 Å². The molecule has 1 fully saturated rings. The second-order valence-corrected chi connectivity index (χ2v) is 9.03. The Balaban J connectivity index is 1.62. The van der Waals surface area contributed by atoms with Gasteiger partial charge in [-0.1, -0.05) is 23.9 Å². The third-order valence-electron chi connectivity index (χ3n) is 4.14. The van der Waals surface area contributed by atoms with E-state index in [2.05, 4.69) is 10.2 Å². The van der Waals surface area contributed by atoms with Crippen molar-refractivity contribution in [3.05, 3.63) is 30.1 Å². The molecule has 0 spiro atoms. The Hall–Kier alpha value is -1.94. The molecule has 1 aliphatic heterocycles. The minimum Gasteiger partial charge on any atom is -0.411 e. The number of aromatic nitrogens is 2. The molecule has 2 heterocycles. The van der Waals surface area contributed by atoms with Gasteiger partial charge in [-0.05, 0) is 25.5 Å². The van der Waals surface area contributed by atoms with Gasteiger partial charge in [-0.15, -0.1) is 10.2 Å². The molecule has 0 N–H and O–H groups in total. The van der Waals surface area contributed by atoms with Crippen molar-refractivity contribution >= 4 is 27.5 Å². The van der Waals surface area contributed by atoms with Crippen LogP contribution in [0.2, 0.25) is 0 Å². The average Bonchev–Trinajstić information content (AvgIpc) is 3.21. The summed E-state index contributed by atoms with van der Waals surface area (Å²) >= 11 is 1.05. The van der Waals surface area contributed by atoms with Crippen LogP contribution < -0.4 is 0 Å². The van der Waals surface area contributed by atoms with E-state index >= 15 is 0 Å². The van der Waals surface area contributed by atoms with Gasteiger partial charge in [-0.25, -0.2) is 12.8 Å². The molecule has 0 aliphatic carbocycles. The summed E-state index contributed by atoms with van der Waals surface area (Å²) in [6.07, 6.45) is 0.463. The van der Waals surface area contributed by atoms with Gasteiger partial charge in [0.15, 0.2) is 9.84 Å². The number of rotatable bonds is 6. The lowest BCUT2D eigenvalue weighted by molar-refractivity contribution is -0.129. The first kappa shape index (κ1) is 18.8. The van der Waals surface area contributed by atoms with Crippen molar-refractivity contribution in [1.29, 1.82) is 0 Å². The second kappa shape index (κ2) is 7.75. The molecule has 3 rings (SSSR count). The van der Waals surface area contributed by atoms with Gasteiger partial charge in [-0.2, -0.15) is 0 Å². The Morgan fingerprint density at radius 2 is 2.15 bits per heavy atom. The van der Waals surface area contributed by atoms with Gasteiger partial charge >= 0.3 is 0 Å². The fraction of sp³-hybridized carbons (Fsp3) is 0.438. The lowest BCUT2D eigenvalue weighted by Crippen LogP contribution is -2.41. The molecule has 2 aromatic rings. The number of halogens is 1. The number of benzene rings is 1. The van der Waals surface area contributed by atoms with Gasteiger partial charge in [0.05, 0.1) is 22.8 Å². The van der Waals surface area contributed by atoms with Gasteiger partial charge < -0.3 is 9.32 Å². The smallest absolute Gasteiger partial charge is 0.277 e. The van der Waals surface area contributed by atoms with Crippen molar-refractivity contribution in [3.8, 4) is 11.5 Å². The topological polar surface area (TPSA) is 93.4 Å². The van der Waals surface area contributed by atoms with E-state index in [1.807, 2.05) is 6.92 Å². The summed E-state index contributed by atoms with van der Waals surface area (Å²) in [6.45, 7) is 2.25. The maximum atomic E-state index is 13.7. The third kappa shape index (κ3) is 4.24. The lowest BCUT2D eigenvalue weighted by atomic mass is 10.2. The van der Waals surface area contributed by atoms with Crippen molar-refractivity contribution in [2.24, 2.45) is 0 Å². The van der Waals surface area contributed by atoms with Crippen LogP contribution in [0, 0.1) is 5.82 Å². The van der Waals surface area contributed by atoms with E-state index in [-0.39, 0.29) is 45.9 Å². The van der Waals surface area contributed by atoms with E-state index in [0.717, 1.165) is 11.8 Å².